The Morgan fingerprint density at radius 1 is 1.28 bits per heavy atom. The molecule has 1 N–H and O–H groups in total. The molecule has 7 nitrogen and oxygen atoms in total. The summed E-state index contributed by atoms with van der Waals surface area (Å²) in [5, 5.41) is 6.98. The molecule has 3 rings (SSSR count). The normalized spacial score (nSPS) is 15.7. The minimum atomic E-state index is -0.656. The Kier molecular flexibility index (Phi) is 5.35. The molecule has 0 bridgehead atoms. The number of aromatic nitrogens is 1. The summed E-state index contributed by atoms with van der Waals surface area (Å²) >= 11 is 5.95. The van der Waals surface area contributed by atoms with Crippen molar-refractivity contribution in [2.24, 2.45) is 0 Å². The van der Waals surface area contributed by atoms with E-state index in [0.29, 0.717) is 37.1 Å². The van der Waals surface area contributed by atoms with Gasteiger partial charge < -0.3 is 19.5 Å². The summed E-state index contributed by atoms with van der Waals surface area (Å²) in [5.41, 5.74) is 0.827. The molecule has 8 heteroatoms. The second kappa shape index (κ2) is 7.67. The van der Waals surface area contributed by atoms with E-state index in [4.69, 9.17) is 20.9 Å². The quantitative estimate of drug-likeness (QED) is 0.897. The van der Waals surface area contributed by atoms with Crippen LogP contribution in [0.3, 0.4) is 0 Å². The molecule has 2 amide bonds. The number of benzene rings is 1. The van der Waals surface area contributed by atoms with E-state index in [2.05, 4.69) is 10.5 Å². The van der Waals surface area contributed by atoms with Gasteiger partial charge >= 0.3 is 0 Å². The van der Waals surface area contributed by atoms with E-state index in [0.717, 1.165) is 5.56 Å². The van der Waals surface area contributed by atoms with Crippen LogP contribution in [0.25, 0.3) is 11.3 Å². The van der Waals surface area contributed by atoms with Gasteiger partial charge in [0.1, 0.15) is 6.04 Å². The first-order valence-electron chi connectivity index (χ1n) is 7.94. The van der Waals surface area contributed by atoms with Crippen molar-refractivity contribution in [2.75, 3.05) is 26.3 Å². The third-order valence-corrected chi connectivity index (χ3v) is 4.13. The van der Waals surface area contributed by atoms with Gasteiger partial charge in [0.2, 0.25) is 5.91 Å². The fraction of sp³-hybridized carbons (Fsp3) is 0.353. The largest absolute Gasteiger partial charge is 0.378 e. The lowest BCUT2D eigenvalue weighted by atomic mass is 10.1. The zero-order valence-corrected chi connectivity index (χ0v) is 14.5. The summed E-state index contributed by atoms with van der Waals surface area (Å²) < 4.78 is 10.4. The zero-order chi connectivity index (χ0) is 17.8. The van der Waals surface area contributed by atoms with Crippen molar-refractivity contribution in [3.63, 3.8) is 0 Å². The third kappa shape index (κ3) is 4.18. The number of nitrogens with one attached hydrogen (secondary N) is 1. The van der Waals surface area contributed by atoms with Gasteiger partial charge in [0.05, 0.1) is 13.2 Å². The van der Waals surface area contributed by atoms with Gasteiger partial charge in [0.15, 0.2) is 11.5 Å². The average molecular weight is 364 g/mol. The molecule has 0 saturated carbocycles. The molecule has 2 heterocycles. The number of halogens is 1. The maximum absolute atomic E-state index is 12.3. The summed E-state index contributed by atoms with van der Waals surface area (Å²) in [5.74, 6) is -0.179. The van der Waals surface area contributed by atoms with Gasteiger partial charge in [-0.25, -0.2) is 0 Å². The molecule has 1 aliphatic rings. The summed E-state index contributed by atoms with van der Waals surface area (Å²) in [6.07, 6.45) is 0. The van der Waals surface area contributed by atoms with Gasteiger partial charge in [-0.15, -0.1) is 0 Å². The molecule has 1 fully saturated rings. The van der Waals surface area contributed by atoms with Crippen LogP contribution in [-0.4, -0.2) is 54.2 Å². The first kappa shape index (κ1) is 17.4. The first-order valence-corrected chi connectivity index (χ1v) is 8.32. The number of hydrogen-bond donors (Lipinski definition) is 1. The standard InChI is InChI=1S/C17H18ClN3O4/c1-11(17(23)21-5-7-24-8-6-21)19-16(22)14-10-15(25-20-14)12-3-2-4-13(18)9-12/h2-4,9-11H,5-8H2,1H3,(H,19,22). The Balaban J connectivity index is 1.64. The number of nitrogens with zero attached hydrogens (tertiary/aromatic N) is 2. The maximum atomic E-state index is 12.3. The highest BCUT2D eigenvalue weighted by molar-refractivity contribution is 6.30. The molecule has 1 aromatic heterocycles. The molecule has 1 aliphatic heterocycles. The molecule has 25 heavy (non-hydrogen) atoms. The molecule has 0 aliphatic carbocycles. The first-order chi connectivity index (χ1) is 12.0. The lowest BCUT2D eigenvalue weighted by Gasteiger charge is -2.29. The van der Waals surface area contributed by atoms with Crippen LogP contribution < -0.4 is 5.32 Å². The fourth-order valence-corrected chi connectivity index (χ4v) is 2.74. The minimum absolute atomic E-state index is 0.108. The Labute approximate surface area is 149 Å². The van der Waals surface area contributed by atoms with E-state index in [1.807, 2.05) is 0 Å². The van der Waals surface area contributed by atoms with Crippen molar-refractivity contribution in [3.8, 4) is 11.3 Å². The topological polar surface area (TPSA) is 84.7 Å². The van der Waals surface area contributed by atoms with Gasteiger partial charge in [-0.3, -0.25) is 9.59 Å². The van der Waals surface area contributed by atoms with Crippen LogP contribution in [0.5, 0.6) is 0 Å². The van der Waals surface area contributed by atoms with Crippen molar-refractivity contribution in [1.82, 2.24) is 15.4 Å². The van der Waals surface area contributed by atoms with Crippen LogP contribution >= 0.6 is 11.6 Å². The minimum Gasteiger partial charge on any atom is -0.378 e. The molecule has 1 unspecified atom stereocenters. The average Bonchev–Trinajstić information content (AvgIpc) is 3.12. The number of ether oxygens (including phenoxy) is 1. The van der Waals surface area contributed by atoms with Crippen LogP contribution in [0, 0.1) is 0 Å². The van der Waals surface area contributed by atoms with Gasteiger partial charge in [-0.05, 0) is 19.1 Å². The summed E-state index contributed by atoms with van der Waals surface area (Å²) in [7, 11) is 0. The van der Waals surface area contributed by atoms with E-state index >= 15 is 0 Å². The van der Waals surface area contributed by atoms with Gasteiger partial charge in [-0.2, -0.15) is 0 Å². The second-order valence-electron chi connectivity index (χ2n) is 5.72. The molecule has 1 atom stereocenters. The van der Waals surface area contributed by atoms with Crippen LogP contribution in [0.15, 0.2) is 34.9 Å². The highest BCUT2D eigenvalue weighted by atomic mass is 35.5. The highest BCUT2D eigenvalue weighted by Gasteiger charge is 2.25. The summed E-state index contributed by atoms with van der Waals surface area (Å²) in [4.78, 5) is 26.3. The maximum Gasteiger partial charge on any atom is 0.274 e. The molecule has 132 valence electrons. The van der Waals surface area contributed by atoms with Crippen LogP contribution in [0.1, 0.15) is 17.4 Å². The molecule has 2 aromatic rings. The van der Waals surface area contributed by atoms with Crippen molar-refractivity contribution in [3.05, 3.63) is 41.0 Å². The lowest BCUT2D eigenvalue weighted by Crippen LogP contribution is -2.50. The van der Waals surface area contributed by atoms with E-state index in [1.165, 1.54) is 6.07 Å². The Hall–Kier alpha value is -2.38. The number of carbonyl (C=O) groups excluding carboxylic acids is 2. The van der Waals surface area contributed by atoms with Crippen molar-refractivity contribution in [2.45, 2.75) is 13.0 Å². The van der Waals surface area contributed by atoms with Crippen LogP contribution in [0.4, 0.5) is 0 Å². The third-order valence-electron chi connectivity index (χ3n) is 3.89. The molecule has 0 spiro atoms. The SMILES string of the molecule is CC(NC(=O)c1cc(-c2cccc(Cl)c2)on1)C(=O)N1CCOCC1. The molecular weight excluding hydrogens is 346 g/mol. The predicted octanol–water partition coefficient (Wildman–Crippen LogP) is 1.97. The lowest BCUT2D eigenvalue weighted by molar-refractivity contribution is -0.136. The number of carbonyl (C=O) groups is 2. The van der Waals surface area contributed by atoms with E-state index in [-0.39, 0.29) is 11.6 Å². The second-order valence-corrected chi connectivity index (χ2v) is 6.16. The number of rotatable bonds is 4. The van der Waals surface area contributed by atoms with E-state index in [9.17, 15) is 9.59 Å². The fourth-order valence-electron chi connectivity index (χ4n) is 2.55. The van der Waals surface area contributed by atoms with Gasteiger partial charge in [-0.1, -0.05) is 28.9 Å². The Morgan fingerprint density at radius 2 is 2.04 bits per heavy atom. The summed E-state index contributed by atoms with van der Waals surface area (Å²) in [6, 6.07) is 7.91. The molecule has 1 aromatic carbocycles. The zero-order valence-electron chi connectivity index (χ0n) is 13.7. The van der Waals surface area contributed by atoms with Crippen molar-refractivity contribution < 1.29 is 18.8 Å². The molecule has 1 saturated heterocycles. The Morgan fingerprint density at radius 3 is 2.76 bits per heavy atom. The van der Waals surface area contributed by atoms with Crippen molar-refractivity contribution in [1.29, 1.82) is 0 Å². The van der Waals surface area contributed by atoms with E-state index in [1.54, 1.807) is 36.1 Å². The molecular formula is C17H18ClN3O4. The van der Waals surface area contributed by atoms with Crippen LogP contribution in [-0.2, 0) is 9.53 Å². The predicted molar refractivity (Wildman–Crippen MR) is 91.3 cm³/mol. The Bertz CT molecular complexity index is 771. The molecule has 0 radical (unpaired) electrons. The smallest absolute Gasteiger partial charge is 0.274 e. The van der Waals surface area contributed by atoms with E-state index < -0.39 is 11.9 Å². The highest BCUT2D eigenvalue weighted by Crippen LogP contribution is 2.23. The van der Waals surface area contributed by atoms with Gasteiger partial charge in [0.25, 0.3) is 5.91 Å². The van der Waals surface area contributed by atoms with Crippen molar-refractivity contribution >= 4 is 23.4 Å². The monoisotopic (exact) mass is 363 g/mol. The summed E-state index contributed by atoms with van der Waals surface area (Å²) in [6.45, 7) is 3.73. The number of morpholine rings is 1. The number of amides is 2. The van der Waals surface area contributed by atoms with Gasteiger partial charge in [0, 0.05) is 29.7 Å². The van der Waals surface area contributed by atoms with Crippen LogP contribution in [0.2, 0.25) is 5.02 Å². The number of hydrogen-bond acceptors (Lipinski definition) is 5.